The monoisotopic (exact) mass is 330 g/mol. The molecule has 0 N–H and O–H groups in total. The van der Waals surface area contributed by atoms with Crippen LogP contribution in [0.5, 0.6) is 0 Å². The normalized spacial score (nSPS) is 24.0. The van der Waals surface area contributed by atoms with Gasteiger partial charge in [0.1, 0.15) is 0 Å². The van der Waals surface area contributed by atoms with Crippen LogP contribution < -0.4 is 0 Å². The molecule has 0 spiro atoms. The minimum Gasteiger partial charge on any atom is -0.378 e. The van der Waals surface area contributed by atoms with E-state index in [1.54, 1.807) is 4.90 Å². The summed E-state index contributed by atoms with van der Waals surface area (Å²) >= 11 is 0. The minimum absolute atomic E-state index is 0.0111. The smallest absolute Gasteiger partial charge is 0.253 e. The number of carbonyl (C=O) groups is 2. The summed E-state index contributed by atoms with van der Waals surface area (Å²) in [5.41, 5.74) is 1.97. The predicted octanol–water partition coefficient (Wildman–Crippen LogP) is 1.96. The van der Waals surface area contributed by atoms with Crippen LogP contribution in [0.2, 0.25) is 0 Å². The van der Waals surface area contributed by atoms with Crippen LogP contribution in [0.1, 0.15) is 35.7 Å². The van der Waals surface area contributed by atoms with Gasteiger partial charge in [-0.2, -0.15) is 0 Å². The Balaban J connectivity index is 1.74. The van der Waals surface area contributed by atoms with Gasteiger partial charge in [0.25, 0.3) is 5.91 Å². The van der Waals surface area contributed by atoms with Gasteiger partial charge in [-0.1, -0.05) is 25.5 Å². The molecule has 0 aliphatic carbocycles. The van der Waals surface area contributed by atoms with E-state index in [2.05, 4.69) is 6.92 Å². The molecule has 24 heavy (non-hydrogen) atoms. The molecule has 2 atom stereocenters. The van der Waals surface area contributed by atoms with Crippen LogP contribution in [-0.4, -0.2) is 61.0 Å². The second kappa shape index (κ2) is 7.34. The second-order valence-electron chi connectivity index (χ2n) is 6.85. The lowest BCUT2D eigenvalue weighted by atomic mass is 10.0. The van der Waals surface area contributed by atoms with E-state index >= 15 is 0 Å². The van der Waals surface area contributed by atoms with Gasteiger partial charge in [-0.3, -0.25) is 9.59 Å². The molecule has 2 heterocycles. The molecule has 0 aromatic heterocycles. The molecule has 2 bridgehead atoms. The maximum atomic E-state index is 12.9. The molecule has 2 aliphatic rings. The predicted molar refractivity (Wildman–Crippen MR) is 91.8 cm³/mol. The zero-order valence-corrected chi connectivity index (χ0v) is 14.5. The van der Waals surface area contributed by atoms with Crippen molar-refractivity contribution in [1.82, 2.24) is 9.80 Å². The summed E-state index contributed by atoms with van der Waals surface area (Å²) in [6.45, 7) is 4.05. The fourth-order valence-corrected chi connectivity index (χ4v) is 3.44. The highest BCUT2D eigenvalue weighted by molar-refractivity contribution is 5.95. The zero-order chi connectivity index (χ0) is 17.1. The lowest BCUT2D eigenvalue weighted by Gasteiger charge is -2.29. The minimum atomic E-state index is -0.254. The van der Waals surface area contributed by atoms with Crippen molar-refractivity contribution in [3.8, 4) is 0 Å². The van der Waals surface area contributed by atoms with Gasteiger partial charge < -0.3 is 14.5 Å². The average molecular weight is 330 g/mol. The van der Waals surface area contributed by atoms with Crippen molar-refractivity contribution in [3.05, 3.63) is 35.4 Å². The lowest BCUT2D eigenvalue weighted by molar-refractivity contribution is -0.133. The SMILES string of the molecule is CCCCc1ccc(C(=O)N2C[C@@H]3COC[C@H](C2)N(C)C3=O)cc1. The molecule has 0 saturated carbocycles. The molecule has 130 valence electrons. The Morgan fingerprint density at radius 1 is 1.21 bits per heavy atom. The highest BCUT2D eigenvalue weighted by atomic mass is 16.5. The van der Waals surface area contributed by atoms with Gasteiger partial charge >= 0.3 is 0 Å². The highest BCUT2D eigenvalue weighted by Crippen LogP contribution is 2.21. The molecule has 5 heteroatoms. The van der Waals surface area contributed by atoms with Gasteiger partial charge in [0.05, 0.1) is 25.2 Å². The highest BCUT2D eigenvalue weighted by Gasteiger charge is 2.38. The fraction of sp³-hybridized carbons (Fsp3) is 0.579. The number of amides is 2. The van der Waals surface area contributed by atoms with E-state index in [4.69, 9.17) is 4.74 Å². The number of fused-ring (bicyclic) bond motifs is 3. The van der Waals surface area contributed by atoms with Gasteiger partial charge in [0, 0.05) is 25.7 Å². The number of hydrogen-bond donors (Lipinski definition) is 0. The summed E-state index contributed by atoms with van der Waals surface area (Å²) in [4.78, 5) is 28.8. The molecular weight excluding hydrogens is 304 g/mol. The topological polar surface area (TPSA) is 49.9 Å². The Morgan fingerprint density at radius 3 is 2.67 bits per heavy atom. The van der Waals surface area contributed by atoms with Gasteiger partial charge in [0.15, 0.2) is 0 Å². The van der Waals surface area contributed by atoms with Crippen molar-refractivity contribution in [3.63, 3.8) is 0 Å². The van der Waals surface area contributed by atoms with Crippen LogP contribution in [0.25, 0.3) is 0 Å². The maximum Gasteiger partial charge on any atom is 0.253 e. The standard InChI is InChI=1S/C19H26N2O3/c1-3-4-5-14-6-8-15(9-7-14)19(23)21-10-16-12-24-13-17(11-21)20(2)18(16)22/h6-9,16-17H,3-5,10-13H2,1-2H3/t16-,17+/m1/s1. The van der Waals surface area contributed by atoms with Crippen molar-refractivity contribution in [2.24, 2.45) is 5.92 Å². The molecule has 5 nitrogen and oxygen atoms in total. The van der Waals surface area contributed by atoms with Gasteiger partial charge in [-0.25, -0.2) is 0 Å². The molecule has 1 aromatic carbocycles. The largest absolute Gasteiger partial charge is 0.378 e. The Bertz CT molecular complexity index is 599. The Labute approximate surface area is 143 Å². The van der Waals surface area contributed by atoms with Crippen molar-refractivity contribution >= 4 is 11.8 Å². The summed E-state index contributed by atoms with van der Waals surface area (Å²) in [6.07, 6.45) is 3.38. The van der Waals surface area contributed by atoms with Crippen LogP contribution >= 0.6 is 0 Å². The Hall–Kier alpha value is -1.88. The molecule has 3 rings (SSSR count). The van der Waals surface area contributed by atoms with Crippen molar-refractivity contribution in [1.29, 1.82) is 0 Å². The van der Waals surface area contributed by atoms with E-state index in [1.807, 2.05) is 36.2 Å². The fourth-order valence-electron chi connectivity index (χ4n) is 3.44. The third-order valence-corrected chi connectivity index (χ3v) is 5.05. The molecule has 2 fully saturated rings. The average Bonchev–Trinajstić information content (AvgIpc) is 2.78. The summed E-state index contributed by atoms with van der Waals surface area (Å²) in [5.74, 6) is -0.157. The third-order valence-electron chi connectivity index (χ3n) is 5.05. The number of ether oxygens (including phenoxy) is 1. The molecule has 1 aromatic rings. The number of aryl methyl sites for hydroxylation is 1. The number of carbonyl (C=O) groups excluding carboxylic acids is 2. The first-order chi connectivity index (χ1) is 11.6. The maximum absolute atomic E-state index is 12.9. The van der Waals surface area contributed by atoms with Crippen LogP contribution in [0.3, 0.4) is 0 Å². The Kier molecular flexibility index (Phi) is 5.19. The van der Waals surface area contributed by atoms with Crippen LogP contribution in [0, 0.1) is 5.92 Å². The first kappa shape index (κ1) is 17.0. The van der Waals surface area contributed by atoms with E-state index in [9.17, 15) is 9.59 Å². The summed E-state index contributed by atoms with van der Waals surface area (Å²) < 4.78 is 5.59. The quantitative estimate of drug-likeness (QED) is 0.848. The van der Waals surface area contributed by atoms with E-state index in [0.29, 0.717) is 31.9 Å². The molecular formula is C19H26N2O3. The molecule has 2 amide bonds. The van der Waals surface area contributed by atoms with Crippen LogP contribution in [-0.2, 0) is 16.0 Å². The number of unbranched alkanes of at least 4 members (excludes halogenated alkanes) is 1. The number of likely N-dealkylation sites (N-methyl/N-ethyl adjacent to an activating group) is 1. The summed E-state index contributed by atoms with van der Waals surface area (Å²) in [6, 6.07) is 7.86. The summed E-state index contributed by atoms with van der Waals surface area (Å²) in [7, 11) is 1.81. The van der Waals surface area contributed by atoms with Gasteiger partial charge in [-0.15, -0.1) is 0 Å². The van der Waals surface area contributed by atoms with E-state index in [0.717, 1.165) is 12.8 Å². The number of benzene rings is 1. The lowest BCUT2D eigenvalue weighted by Crippen LogP contribution is -2.45. The third kappa shape index (κ3) is 3.46. The zero-order valence-electron chi connectivity index (χ0n) is 14.5. The Morgan fingerprint density at radius 2 is 1.96 bits per heavy atom. The van der Waals surface area contributed by atoms with Crippen molar-refractivity contribution < 1.29 is 14.3 Å². The molecule has 0 unspecified atom stereocenters. The molecule has 0 radical (unpaired) electrons. The summed E-state index contributed by atoms with van der Waals surface area (Å²) in [5, 5.41) is 0. The first-order valence-corrected chi connectivity index (χ1v) is 8.82. The second-order valence-corrected chi connectivity index (χ2v) is 6.85. The van der Waals surface area contributed by atoms with Gasteiger partial charge in [0.2, 0.25) is 5.91 Å². The van der Waals surface area contributed by atoms with Crippen molar-refractivity contribution in [2.75, 3.05) is 33.4 Å². The first-order valence-electron chi connectivity index (χ1n) is 8.82. The van der Waals surface area contributed by atoms with Gasteiger partial charge in [-0.05, 0) is 30.5 Å². The van der Waals surface area contributed by atoms with Crippen molar-refractivity contribution in [2.45, 2.75) is 32.2 Å². The van der Waals surface area contributed by atoms with Crippen LogP contribution in [0.15, 0.2) is 24.3 Å². The molecule has 2 saturated heterocycles. The van der Waals surface area contributed by atoms with E-state index in [1.165, 1.54) is 12.0 Å². The van der Waals surface area contributed by atoms with E-state index < -0.39 is 0 Å². The number of nitrogens with zero attached hydrogens (tertiary/aromatic N) is 2. The van der Waals surface area contributed by atoms with Crippen LogP contribution in [0.4, 0.5) is 0 Å². The number of hydrogen-bond acceptors (Lipinski definition) is 3. The van der Waals surface area contributed by atoms with E-state index in [-0.39, 0.29) is 23.8 Å². The molecule has 2 aliphatic heterocycles. The number of rotatable bonds is 4.